The molecule has 1 fully saturated rings. The molecule has 1 atom stereocenters. The molecule has 2 aromatic rings. The summed E-state index contributed by atoms with van der Waals surface area (Å²) in [5.74, 6) is -0.490. The van der Waals surface area contributed by atoms with Crippen LogP contribution in [0.2, 0.25) is 0 Å². The highest BCUT2D eigenvalue weighted by atomic mass is 32.2. The van der Waals surface area contributed by atoms with Crippen molar-refractivity contribution >= 4 is 15.8 Å². The lowest BCUT2D eigenvalue weighted by Gasteiger charge is -2.18. The number of rotatable bonds is 6. The third kappa shape index (κ3) is 4.96. The number of ether oxygens (including phenoxy) is 1. The van der Waals surface area contributed by atoms with E-state index in [1.807, 2.05) is 0 Å². The quantitative estimate of drug-likeness (QED) is 0.709. The maximum absolute atomic E-state index is 14.0. The van der Waals surface area contributed by atoms with Crippen LogP contribution in [0.4, 0.5) is 23.4 Å². The van der Waals surface area contributed by atoms with E-state index in [9.17, 15) is 26.0 Å². The van der Waals surface area contributed by atoms with E-state index in [0.717, 1.165) is 18.3 Å². The Morgan fingerprint density at radius 1 is 1.28 bits per heavy atom. The predicted octanol–water partition coefficient (Wildman–Crippen LogP) is 3.20. The molecule has 1 aliphatic rings. The molecule has 1 unspecified atom stereocenters. The fourth-order valence-electron chi connectivity index (χ4n) is 3.01. The Morgan fingerprint density at radius 2 is 2.03 bits per heavy atom. The zero-order chi connectivity index (χ0) is 21.2. The first kappa shape index (κ1) is 21.3. The first-order valence-electron chi connectivity index (χ1n) is 8.83. The second-order valence-corrected chi connectivity index (χ2v) is 8.19. The maximum atomic E-state index is 14.0. The van der Waals surface area contributed by atoms with Crippen LogP contribution in [0.1, 0.15) is 18.9 Å². The molecule has 0 aliphatic carbocycles. The molecular formula is C18H19F4N3O3S. The maximum Gasteiger partial charge on any atom is 0.417 e. The Labute approximate surface area is 165 Å². The van der Waals surface area contributed by atoms with Gasteiger partial charge in [0.1, 0.15) is 5.82 Å². The number of halogens is 4. The average molecular weight is 433 g/mol. The summed E-state index contributed by atoms with van der Waals surface area (Å²) in [4.78, 5) is 5.27. The second-order valence-electron chi connectivity index (χ2n) is 6.48. The van der Waals surface area contributed by atoms with Gasteiger partial charge in [0.2, 0.25) is 10.0 Å². The lowest BCUT2D eigenvalue weighted by molar-refractivity contribution is -0.137. The molecule has 1 N–H and O–H groups in total. The van der Waals surface area contributed by atoms with E-state index in [0.29, 0.717) is 18.8 Å². The van der Waals surface area contributed by atoms with Crippen molar-refractivity contribution in [1.29, 1.82) is 0 Å². The molecular weight excluding hydrogens is 414 g/mol. The van der Waals surface area contributed by atoms with Crippen molar-refractivity contribution in [3.05, 3.63) is 47.9 Å². The van der Waals surface area contributed by atoms with Gasteiger partial charge < -0.3 is 9.64 Å². The highest BCUT2D eigenvalue weighted by molar-refractivity contribution is 7.89. The Balaban J connectivity index is 1.66. The van der Waals surface area contributed by atoms with Gasteiger partial charge in [0.15, 0.2) is 11.6 Å². The molecule has 0 spiro atoms. The molecule has 1 aliphatic heterocycles. The molecule has 0 saturated carbocycles. The van der Waals surface area contributed by atoms with E-state index in [4.69, 9.17) is 4.74 Å². The highest BCUT2D eigenvalue weighted by Crippen LogP contribution is 2.30. The van der Waals surface area contributed by atoms with Crippen LogP contribution in [0.5, 0.6) is 5.75 Å². The molecule has 2 heterocycles. The number of hydrogen-bond acceptors (Lipinski definition) is 5. The van der Waals surface area contributed by atoms with Crippen LogP contribution >= 0.6 is 0 Å². The first-order valence-corrected chi connectivity index (χ1v) is 10.3. The molecule has 1 aromatic heterocycles. The van der Waals surface area contributed by atoms with E-state index in [-0.39, 0.29) is 23.8 Å². The van der Waals surface area contributed by atoms with Crippen LogP contribution < -0.4 is 14.4 Å². The van der Waals surface area contributed by atoms with Crippen LogP contribution in [0.25, 0.3) is 0 Å². The standard InChI is InChI=1S/C18H19F4N3O3S/c1-2-28-16-5-4-14(9-15(16)19)29(26,27)24-13-7-8-25(11-13)17-6-3-12(10-23-17)18(20,21)22/h3-6,9-10,13,24H,2,7-8,11H2,1H3. The van der Waals surface area contributed by atoms with Gasteiger partial charge in [-0.25, -0.2) is 22.5 Å². The van der Waals surface area contributed by atoms with Crippen molar-refractivity contribution in [1.82, 2.24) is 9.71 Å². The Hall–Kier alpha value is -2.40. The van der Waals surface area contributed by atoms with Crippen LogP contribution in [0.15, 0.2) is 41.4 Å². The smallest absolute Gasteiger partial charge is 0.417 e. The molecule has 1 aromatic carbocycles. The summed E-state index contributed by atoms with van der Waals surface area (Å²) in [5.41, 5.74) is -0.852. The van der Waals surface area contributed by atoms with Crippen molar-refractivity contribution in [2.24, 2.45) is 0 Å². The zero-order valence-electron chi connectivity index (χ0n) is 15.4. The van der Waals surface area contributed by atoms with Crippen molar-refractivity contribution < 1.29 is 30.7 Å². The number of sulfonamides is 1. The van der Waals surface area contributed by atoms with Crippen LogP contribution in [-0.2, 0) is 16.2 Å². The van der Waals surface area contributed by atoms with E-state index in [1.54, 1.807) is 11.8 Å². The van der Waals surface area contributed by atoms with Crippen LogP contribution in [-0.4, -0.2) is 39.1 Å². The summed E-state index contributed by atoms with van der Waals surface area (Å²) in [6.45, 7) is 2.58. The molecule has 11 heteroatoms. The number of hydrogen-bond donors (Lipinski definition) is 1. The van der Waals surface area contributed by atoms with Crippen LogP contribution in [0.3, 0.4) is 0 Å². The third-order valence-electron chi connectivity index (χ3n) is 4.42. The molecule has 0 radical (unpaired) electrons. The van der Waals surface area contributed by atoms with Gasteiger partial charge in [0.05, 0.1) is 17.1 Å². The van der Waals surface area contributed by atoms with Gasteiger partial charge >= 0.3 is 6.18 Å². The number of nitrogens with zero attached hydrogens (tertiary/aromatic N) is 2. The minimum Gasteiger partial charge on any atom is -0.491 e. The van der Waals surface area contributed by atoms with Gasteiger partial charge in [-0.2, -0.15) is 13.2 Å². The normalized spacial score (nSPS) is 17.6. The summed E-state index contributed by atoms with van der Waals surface area (Å²) >= 11 is 0. The summed E-state index contributed by atoms with van der Waals surface area (Å²) < 4.78 is 84.5. The van der Waals surface area contributed by atoms with Gasteiger partial charge in [-0.3, -0.25) is 0 Å². The molecule has 29 heavy (non-hydrogen) atoms. The number of anilines is 1. The molecule has 1 saturated heterocycles. The largest absolute Gasteiger partial charge is 0.491 e. The van der Waals surface area contributed by atoms with Gasteiger partial charge in [-0.15, -0.1) is 0 Å². The number of alkyl halides is 3. The molecule has 3 rings (SSSR count). The molecule has 0 amide bonds. The number of benzene rings is 1. The Bertz CT molecular complexity index is 965. The predicted molar refractivity (Wildman–Crippen MR) is 97.7 cm³/mol. The fourth-order valence-corrected chi connectivity index (χ4v) is 4.29. The molecule has 158 valence electrons. The number of pyridine rings is 1. The first-order chi connectivity index (χ1) is 13.6. The second kappa shape index (κ2) is 8.15. The summed E-state index contributed by atoms with van der Waals surface area (Å²) in [5, 5.41) is 0. The van der Waals surface area contributed by atoms with Gasteiger partial charge in [0, 0.05) is 25.3 Å². The lowest BCUT2D eigenvalue weighted by Crippen LogP contribution is -2.37. The monoisotopic (exact) mass is 433 g/mol. The van der Waals surface area contributed by atoms with Crippen molar-refractivity contribution in [3.8, 4) is 5.75 Å². The SMILES string of the molecule is CCOc1ccc(S(=O)(=O)NC2CCN(c3ccc(C(F)(F)F)cn3)C2)cc1F. The minimum absolute atomic E-state index is 0.0353. The van der Waals surface area contributed by atoms with E-state index in [1.165, 1.54) is 18.2 Å². The number of nitrogens with one attached hydrogen (secondary N) is 1. The van der Waals surface area contributed by atoms with Crippen molar-refractivity contribution in [2.45, 2.75) is 30.5 Å². The minimum atomic E-state index is -4.47. The summed E-state index contributed by atoms with van der Waals surface area (Å²) in [6, 6.07) is 5.08. The summed E-state index contributed by atoms with van der Waals surface area (Å²) in [6.07, 6.45) is -3.29. The molecule has 0 bridgehead atoms. The Morgan fingerprint density at radius 3 is 2.62 bits per heavy atom. The summed E-state index contributed by atoms with van der Waals surface area (Å²) in [7, 11) is -3.97. The average Bonchev–Trinajstić information content (AvgIpc) is 3.10. The topological polar surface area (TPSA) is 71.5 Å². The number of aromatic nitrogens is 1. The van der Waals surface area contributed by atoms with Gasteiger partial charge in [-0.1, -0.05) is 0 Å². The fraction of sp³-hybridized carbons (Fsp3) is 0.389. The highest BCUT2D eigenvalue weighted by Gasteiger charge is 2.32. The molecule has 6 nitrogen and oxygen atoms in total. The van der Waals surface area contributed by atoms with E-state index < -0.39 is 33.6 Å². The third-order valence-corrected chi connectivity index (χ3v) is 5.94. The zero-order valence-corrected chi connectivity index (χ0v) is 16.2. The van der Waals surface area contributed by atoms with E-state index >= 15 is 0 Å². The van der Waals surface area contributed by atoms with Crippen molar-refractivity contribution in [3.63, 3.8) is 0 Å². The lowest BCUT2D eigenvalue weighted by atomic mass is 10.3. The van der Waals surface area contributed by atoms with E-state index in [2.05, 4.69) is 9.71 Å². The van der Waals surface area contributed by atoms with Gasteiger partial charge in [0.25, 0.3) is 0 Å². The van der Waals surface area contributed by atoms with Crippen LogP contribution in [0, 0.1) is 5.82 Å². The van der Waals surface area contributed by atoms with Gasteiger partial charge in [-0.05, 0) is 43.7 Å². The van der Waals surface area contributed by atoms with Crippen molar-refractivity contribution in [2.75, 3.05) is 24.6 Å². The Kier molecular flexibility index (Phi) is 5.99.